The van der Waals surface area contributed by atoms with Gasteiger partial charge in [-0.1, -0.05) is 23.3 Å². The molecule has 0 spiro atoms. The van der Waals surface area contributed by atoms with Crippen LogP contribution in [0, 0.1) is 0 Å². The van der Waals surface area contributed by atoms with Crippen LogP contribution in [0.3, 0.4) is 0 Å². The summed E-state index contributed by atoms with van der Waals surface area (Å²) < 4.78 is 3.94. The van der Waals surface area contributed by atoms with Crippen molar-refractivity contribution in [1.82, 2.24) is 39.9 Å². The van der Waals surface area contributed by atoms with Gasteiger partial charge < -0.3 is 14.4 Å². The van der Waals surface area contributed by atoms with Crippen molar-refractivity contribution in [2.45, 2.75) is 25.3 Å². The molecule has 0 N–H and O–H groups in total. The van der Waals surface area contributed by atoms with E-state index in [1.165, 1.54) is 0 Å². The van der Waals surface area contributed by atoms with E-state index in [1.807, 2.05) is 44.4 Å². The van der Waals surface area contributed by atoms with E-state index in [4.69, 9.17) is 0 Å². The zero-order chi connectivity index (χ0) is 18.8. The van der Waals surface area contributed by atoms with Gasteiger partial charge >= 0.3 is 0 Å². The number of aromatic nitrogens is 7. The largest absolute Gasteiger partial charge is 0.339 e. The van der Waals surface area contributed by atoms with Crippen molar-refractivity contribution in [3.63, 3.8) is 0 Å². The average Bonchev–Trinajstić information content (AvgIpc) is 3.30. The summed E-state index contributed by atoms with van der Waals surface area (Å²) in [6, 6.07) is 10.00. The average molecular weight is 367 g/mol. The summed E-state index contributed by atoms with van der Waals surface area (Å²) >= 11 is 0. The molecule has 1 aromatic carbocycles. The van der Waals surface area contributed by atoms with Crippen molar-refractivity contribution in [2.75, 3.05) is 32.1 Å². The number of benzene rings is 1. The van der Waals surface area contributed by atoms with E-state index >= 15 is 0 Å². The van der Waals surface area contributed by atoms with Gasteiger partial charge in [0, 0.05) is 26.1 Å². The fraction of sp³-hybridized carbons (Fsp3) is 0.500. The molecule has 9 nitrogen and oxygen atoms in total. The van der Waals surface area contributed by atoms with Crippen LogP contribution in [0.25, 0.3) is 5.69 Å². The van der Waals surface area contributed by atoms with Gasteiger partial charge in [0.1, 0.15) is 11.6 Å². The first-order valence-corrected chi connectivity index (χ1v) is 9.25. The van der Waals surface area contributed by atoms with Crippen LogP contribution >= 0.6 is 0 Å². The Labute approximate surface area is 158 Å². The lowest BCUT2D eigenvalue weighted by molar-refractivity contribution is 0.382. The summed E-state index contributed by atoms with van der Waals surface area (Å²) in [5.41, 5.74) is 0.964. The third-order valence-electron chi connectivity index (χ3n) is 4.98. The molecule has 3 heterocycles. The molecule has 0 radical (unpaired) electrons. The minimum atomic E-state index is 0.313. The Morgan fingerprint density at radius 3 is 2.70 bits per heavy atom. The van der Waals surface area contributed by atoms with E-state index in [0.717, 1.165) is 55.8 Å². The standard InChI is InChI=1S/C18H25N9/c1-24(2)13-16-19-20-17(25(16)3)14-8-7-11-26(12-14)18-21-22-23-27(18)15-9-5-4-6-10-15/h4-6,9-10,14H,7-8,11-13H2,1-3H3/t14-/m1/s1. The van der Waals surface area contributed by atoms with E-state index in [1.54, 1.807) is 4.68 Å². The summed E-state index contributed by atoms with van der Waals surface area (Å²) in [7, 11) is 6.14. The van der Waals surface area contributed by atoms with Crippen molar-refractivity contribution < 1.29 is 0 Å². The van der Waals surface area contributed by atoms with Gasteiger partial charge in [-0.3, -0.25) is 0 Å². The Bertz CT molecular complexity index is 883. The van der Waals surface area contributed by atoms with Gasteiger partial charge in [0.15, 0.2) is 0 Å². The summed E-state index contributed by atoms with van der Waals surface area (Å²) in [5, 5.41) is 21.3. The number of tetrazole rings is 1. The molecule has 0 aliphatic carbocycles. The summed E-state index contributed by atoms with van der Waals surface area (Å²) in [6.07, 6.45) is 2.17. The van der Waals surface area contributed by atoms with Crippen molar-refractivity contribution in [3.05, 3.63) is 42.0 Å². The smallest absolute Gasteiger partial charge is 0.250 e. The monoisotopic (exact) mass is 367 g/mol. The molecular weight excluding hydrogens is 342 g/mol. The minimum absolute atomic E-state index is 0.313. The lowest BCUT2D eigenvalue weighted by Crippen LogP contribution is -2.37. The zero-order valence-corrected chi connectivity index (χ0v) is 16.0. The Kier molecular flexibility index (Phi) is 4.85. The number of rotatable bonds is 5. The number of anilines is 1. The Balaban J connectivity index is 1.57. The van der Waals surface area contributed by atoms with Crippen molar-refractivity contribution in [2.24, 2.45) is 7.05 Å². The Morgan fingerprint density at radius 1 is 1.11 bits per heavy atom. The van der Waals surface area contributed by atoms with Crippen LogP contribution < -0.4 is 4.90 Å². The van der Waals surface area contributed by atoms with E-state index in [9.17, 15) is 0 Å². The van der Waals surface area contributed by atoms with Gasteiger partial charge in [0.05, 0.1) is 12.2 Å². The van der Waals surface area contributed by atoms with E-state index in [0.29, 0.717) is 5.92 Å². The molecular formula is C18H25N9. The lowest BCUT2D eigenvalue weighted by Gasteiger charge is -2.32. The zero-order valence-electron chi connectivity index (χ0n) is 16.0. The van der Waals surface area contributed by atoms with Gasteiger partial charge in [0.25, 0.3) is 0 Å². The fourth-order valence-corrected chi connectivity index (χ4v) is 3.64. The highest BCUT2D eigenvalue weighted by atomic mass is 15.6. The first kappa shape index (κ1) is 17.6. The first-order valence-electron chi connectivity index (χ1n) is 9.25. The van der Waals surface area contributed by atoms with Gasteiger partial charge in [-0.2, -0.15) is 4.68 Å². The van der Waals surface area contributed by atoms with Crippen molar-refractivity contribution in [1.29, 1.82) is 0 Å². The maximum absolute atomic E-state index is 4.49. The molecule has 142 valence electrons. The van der Waals surface area contributed by atoms with Gasteiger partial charge in [0.2, 0.25) is 5.95 Å². The van der Waals surface area contributed by atoms with Crippen LogP contribution in [0.5, 0.6) is 0 Å². The van der Waals surface area contributed by atoms with Crippen LogP contribution in [0.4, 0.5) is 5.95 Å². The molecule has 1 atom stereocenters. The molecule has 0 unspecified atom stereocenters. The predicted octanol–water partition coefficient (Wildman–Crippen LogP) is 1.24. The highest BCUT2D eigenvalue weighted by molar-refractivity contribution is 5.41. The minimum Gasteiger partial charge on any atom is -0.339 e. The second-order valence-corrected chi connectivity index (χ2v) is 7.28. The molecule has 1 aliphatic rings. The maximum atomic E-state index is 4.49. The van der Waals surface area contributed by atoms with Gasteiger partial charge in [-0.05, 0) is 49.5 Å². The summed E-state index contributed by atoms with van der Waals surface area (Å²) in [4.78, 5) is 4.36. The van der Waals surface area contributed by atoms with Crippen LogP contribution in [-0.4, -0.2) is 67.1 Å². The molecule has 0 amide bonds. The predicted molar refractivity (Wildman–Crippen MR) is 102 cm³/mol. The molecule has 1 saturated heterocycles. The molecule has 3 aromatic rings. The third-order valence-corrected chi connectivity index (χ3v) is 4.98. The van der Waals surface area contributed by atoms with Crippen molar-refractivity contribution in [3.8, 4) is 5.69 Å². The Morgan fingerprint density at radius 2 is 1.93 bits per heavy atom. The topological polar surface area (TPSA) is 80.8 Å². The third kappa shape index (κ3) is 3.55. The maximum Gasteiger partial charge on any atom is 0.250 e. The molecule has 0 saturated carbocycles. The second kappa shape index (κ2) is 7.43. The highest BCUT2D eigenvalue weighted by Crippen LogP contribution is 2.29. The van der Waals surface area contributed by atoms with Gasteiger partial charge in [-0.25, -0.2) is 0 Å². The van der Waals surface area contributed by atoms with Gasteiger partial charge in [-0.15, -0.1) is 10.2 Å². The lowest BCUT2D eigenvalue weighted by atomic mass is 9.97. The van der Waals surface area contributed by atoms with E-state index < -0.39 is 0 Å². The summed E-state index contributed by atoms with van der Waals surface area (Å²) in [6.45, 7) is 2.56. The highest BCUT2D eigenvalue weighted by Gasteiger charge is 2.28. The number of hydrogen-bond donors (Lipinski definition) is 0. The molecule has 2 aromatic heterocycles. The summed E-state index contributed by atoms with van der Waals surface area (Å²) in [5.74, 6) is 3.12. The molecule has 27 heavy (non-hydrogen) atoms. The van der Waals surface area contributed by atoms with Crippen molar-refractivity contribution >= 4 is 5.95 Å². The van der Waals surface area contributed by atoms with Crippen LogP contribution in [0.1, 0.15) is 30.4 Å². The first-order chi connectivity index (χ1) is 13.1. The number of nitrogens with zero attached hydrogens (tertiary/aromatic N) is 9. The quantitative estimate of drug-likeness (QED) is 0.671. The normalized spacial score (nSPS) is 17.6. The molecule has 9 heteroatoms. The molecule has 0 bridgehead atoms. The van der Waals surface area contributed by atoms with Crippen LogP contribution in [-0.2, 0) is 13.6 Å². The molecule has 1 fully saturated rings. The van der Waals surface area contributed by atoms with E-state index in [2.05, 4.69) is 47.1 Å². The Hall–Kier alpha value is -2.81. The SMILES string of the molecule is CN(C)Cc1nnc([C@@H]2CCCN(c3nnnn3-c3ccccc3)C2)n1C. The van der Waals surface area contributed by atoms with E-state index in [-0.39, 0.29) is 0 Å². The number of piperidine rings is 1. The molecule has 4 rings (SSSR count). The molecule has 1 aliphatic heterocycles. The van der Waals surface area contributed by atoms with Crippen LogP contribution in [0.2, 0.25) is 0 Å². The second-order valence-electron chi connectivity index (χ2n) is 7.28. The fourth-order valence-electron chi connectivity index (χ4n) is 3.64. The number of para-hydroxylation sites is 1. The van der Waals surface area contributed by atoms with Crippen LogP contribution in [0.15, 0.2) is 30.3 Å². The number of hydrogen-bond acceptors (Lipinski definition) is 7.